The van der Waals surface area contributed by atoms with Gasteiger partial charge in [-0.3, -0.25) is 9.59 Å². The van der Waals surface area contributed by atoms with Gasteiger partial charge in [0, 0.05) is 23.9 Å². The maximum absolute atomic E-state index is 12.6. The summed E-state index contributed by atoms with van der Waals surface area (Å²) in [7, 11) is 0. The van der Waals surface area contributed by atoms with Gasteiger partial charge in [-0.1, -0.05) is 18.2 Å². The number of para-hydroxylation sites is 1. The van der Waals surface area contributed by atoms with Gasteiger partial charge in [-0.05, 0) is 36.8 Å². The number of rotatable bonds is 3. The molecule has 2 aromatic carbocycles. The molecule has 1 aliphatic heterocycles. The molecule has 0 fully saturated rings. The second-order valence-electron chi connectivity index (χ2n) is 5.48. The van der Waals surface area contributed by atoms with Crippen LogP contribution in [0.3, 0.4) is 0 Å². The fourth-order valence-electron chi connectivity index (χ4n) is 2.68. The van der Waals surface area contributed by atoms with Crippen molar-refractivity contribution in [3.05, 3.63) is 54.1 Å². The zero-order chi connectivity index (χ0) is 16.2. The van der Waals surface area contributed by atoms with Crippen LogP contribution in [-0.2, 0) is 9.59 Å². The van der Waals surface area contributed by atoms with Crippen LogP contribution in [0.1, 0.15) is 24.8 Å². The number of ether oxygens (including phenoxy) is 1. The van der Waals surface area contributed by atoms with Gasteiger partial charge < -0.3 is 15.4 Å². The second-order valence-corrected chi connectivity index (χ2v) is 5.48. The number of fused-ring (bicyclic) bond motifs is 1. The summed E-state index contributed by atoms with van der Waals surface area (Å²) >= 11 is 0. The Bertz CT molecular complexity index is 725. The van der Waals surface area contributed by atoms with E-state index in [1.54, 1.807) is 24.3 Å². The molecule has 5 nitrogen and oxygen atoms in total. The van der Waals surface area contributed by atoms with E-state index in [0.29, 0.717) is 24.4 Å². The van der Waals surface area contributed by atoms with Crippen molar-refractivity contribution >= 4 is 23.2 Å². The van der Waals surface area contributed by atoms with E-state index in [2.05, 4.69) is 10.6 Å². The highest BCUT2D eigenvalue weighted by Crippen LogP contribution is 2.34. The van der Waals surface area contributed by atoms with Crippen molar-refractivity contribution in [1.82, 2.24) is 0 Å². The minimum atomic E-state index is -0.213. The predicted molar refractivity (Wildman–Crippen MR) is 88.7 cm³/mol. The molecule has 1 aliphatic rings. The summed E-state index contributed by atoms with van der Waals surface area (Å²) in [5, 5.41) is 5.62. The maximum Gasteiger partial charge on any atom is 0.232 e. The Morgan fingerprint density at radius 2 is 1.65 bits per heavy atom. The highest BCUT2D eigenvalue weighted by molar-refractivity contribution is 5.97. The third-order valence-corrected chi connectivity index (χ3v) is 3.75. The molecule has 0 aromatic heterocycles. The van der Waals surface area contributed by atoms with E-state index >= 15 is 0 Å². The Morgan fingerprint density at radius 3 is 2.35 bits per heavy atom. The number of nitrogens with one attached hydrogen (secondary N) is 2. The molecule has 2 amide bonds. The Hall–Kier alpha value is -2.82. The molecule has 1 atom stereocenters. The summed E-state index contributed by atoms with van der Waals surface area (Å²) < 4.78 is 5.59. The van der Waals surface area contributed by atoms with E-state index in [9.17, 15) is 9.59 Å². The molecule has 118 valence electrons. The number of amides is 2. The molecule has 23 heavy (non-hydrogen) atoms. The normalized spacial score (nSPS) is 16.0. The zero-order valence-corrected chi connectivity index (χ0v) is 12.8. The fraction of sp³-hybridized carbons (Fsp3) is 0.222. The molecule has 0 radical (unpaired) electrons. The van der Waals surface area contributed by atoms with Gasteiger partial charge in [0.2, 0.25) is 11.8 Å². The molecule has 0 bridgehead atoms. The Balaban J connectivity index is 1.71. The highest BCUT2D eigenvalue weighted by atomic mass is 16.5. The number of anilines is 2. The molecular formula is C18H18N2O3. The first-order valence-corrected chi connectivity index (χ1v) is 7.54. The van der Waals surface area contributed by atoms with Gasteiger partial charge in [-0.2, -0.15) is 0 Å². The van der Waals surface area contributed by atoms with Crippen molar-refractivity contribution in [3.63, 3.8) is 0 Å². The number of benzene rings is 2. The van der Waals surface area contributed by atoms with E-state index in [0.717, 1.165) is 11.3 Å². The minimum Gasteiger partial charge on any atom is -0.493 e. The van der Waals surface area contributed by atoms with Gasteiger partial charge >= 0.3 is 0 Å². The van der Waals surface area contributed by atoms with Crippen LogP contribution < -0.4 is 15.4 Å². The lowest BCUT2D eigenvalue weighted by Crippen LogP contribution is -2.26. The average Bonchev–Trinajstić information content (AvgIpc) is 2.55. The molecule has 0 spiro atoms. The fourth-order valence-corrected chi connectivity index (χ4v) is 2.68. The summed E-state index contributed by atoms with van der Waals surface area (Å²) in [5.41, 5.74) is 2.33. The summed E-state index contributed by atoms with van der Waals surface area (Å²) in [6, 6.07) is 14.7. The monoisotopic (exact) mass is 310 g/mol. The number of carbonyl (C=O) groups excluding carboxylic acids is 2. The molecule has 0 saturated heterocycles. The van der Waals surface area contributed by atoms with Gasteiger partial charge in [0.25, 0.3) is 0 Å². The summed E-state index contributed by atoms with van der Waals surface area (Å²) in [6.07, 6.45) is 0.660. The molecule has 2 aromatic rings. The molecule has 1 unspecified atom stereocenters. The second kappa shape index (κ2) is 6.52. The minimum absolute atomic E-state index is 0.0481. The van der Waals surface area contributed by atoms with E-state index in [1.807, 2.05) is 24.3 Å². The molecule has 0 aliphatic carbocycles. The largest absolute Gasteiger partial charge is 0.493 e. The lowest BCUT2D eigenvalue weighted by Gasteiger charge is -2.25. The van der Waals surface area contributed by atoms with Gasteiger partial charge in [0.05, 0.1) is 12.5 Å². The van der Waals surface area contributed by atoms with Crippen molar-refractivity contribution in [3.8, 4) is 5.75 Å². The summed E-state index contributed by atoms with van der Waals surface area (Å²) in [6.45, 7) is 1.99. The topological polar surface area (TPSA) is 67.4 Å². The van der Waals surface area contributed by atoms with Crippen LogP contribution >= 0.6 is 0 Å². The Labute approximate surface area is 134 Å². The van der Waals surface area contributed by atoms with Crippen LogP contribution in [0.25, 0.3) is 0 Å². The standard InChI is InChI=1S/C18H18N2O3/c1-12(21)19-13-6-8-14(9-7-13)20-18(22)16-10-11-23-17-5-3-2-4-15(16)17/h2-9,16H,10-11H2,1H3,(H,19,21)(H,20,22). The molecule has 3 rings (SSSR count). The van der Waals surface area contributed by atoms with E-state index in [4.69, 9.17) is 4.74 Å². The quantitative estimate of drug-likeness (QED) is 0.915. The first kappa shape index (κ1) is 15.1. The van der Waals surface area contributed by atoms with Crippen molar-refractivity contribution in [2.45, 2.75) is 19.3 Å². The highest BCUT2D eigenvalue weighted by Gasteiger charge is 2.27. The lowest BCUT2D eigenvalue weighted by atomic mass is 9.92. The average molecular weight is 310 g/mol. The summed E-state index contributed by atoms with van der Waals surface area (Å²) in [5.74, 6) is 0.392. The third-order valence-electron chi connectivity index (χ3n) is 3.75. The van der Waals surface area contributed by atoms with Crippen LogP contribution in [0.15, 0.2) is 48.5 Å². The van der Waals surface area contributed by atoms with Crippen LogP contribution in [-0.4, -0.2) is 18.4 Å². The van der Waals surface area contributed by atoms with Crippen LogP contribution in [0.2, 0.25) is 0 Å². The summed E-state index contributed by atoms with van der Waals surface area (Å²) in [4.78, 5) is 23.6. The predicted octanol–water partition coefficient (Wildman–Crippen LogP) is 3.15. The SMILES string of the molecule is CC(=O)Nc1ccc(NC(=O)C2CCOc3ccccc32)cc1. The smallest absolute Gasteiger partial charge is 0.232 e. The molecule has 5 heteroatoms. The van der Waals surface area contributed by atoms with Gasteiger partial charge in [-0.15, -0.1) is 0 Å². The van der Waals surface area contributed by atoms with Crippen LogP contribution in [0.5, 0.6) is 5.75 Å². The lowest BCUT2D eigenvalue weighted by molar-refractivity contribution is -0.118. The van der Waals surface area contributed by atoms with E-state index in [1.165, 1.54) is 6.92 Å². The third kappa shape index (κ3) is 3.51. The first-order chi connectivity index (χ1) is 11.1. The van der Waals surface area contributed by atoms with Crippen molar-refractivity contribution in [2.24, 2.45) is 0 Å². The van der Waals surface area contributed by atoms with Gasteiger partial charge in [0.15, 0.2) is 0 Å². The Kier molecular flexibility index (Phi) is 4.28. The van der Waals surface area contributed by atoms with E-state index < -0.39 is 0 Å². The van der Waals surface area contributed by atoms with Crippen LogP contribution in [0.4, 0.5) is 11.4 Å². The van der Waals surface area contributed by atoms with Crippen molar-refractivity contribution in [2.75, 3.05) is 17.2 Å². The van der Waals surface area contributed by atoms with Crippen molar-refractivity contribution < 1.29 is 14.3 Å². The van der Waals surface area contributed by atoms with Gasteiger partial charge in [0.1, 0.15) is 5.75 Å². The van der Waals surface area contributed by atoms with Crippen molar-refractivity contribution in [1.29, 1.82) is 0 Å². The molecule has 1 heterocycles. The van der Waals surface area contributed by atoms with Crippen LogP contribution in [0, 0.1) is 0 Å². The van der Waals surface area contributed by atoms with Gasteiger partial charge in [-0.25, -0.2) is 0 Å². The number of hydrogen-bond donors (Lipinski definition) is 2. The maximum atomic E-state index is 12.6. The number of carbonyl (C=O) groups is 2. The first-order valence-electron chi connectivity index (χ1n) is 7.54. The molecule has 0 saturated carbocycles. The zero-order valence-electron chi connectivity index (χ0n) is 12.8. The Morgan fingerprint density at radius 1 is 1.00 bits per heavy atom. The van der Waals surface area contributed by atoms with E-state index in [-0.39, 0.29) is 17.7 Å². The number of hydrogen-bond acceptors (Lipinski definition) is 3. The molecule has 2 N–H and O–H groups in total. The molecular weight excluding hydrogens is 292 g/mol.